The fourth-order valence-corrected chi connectivity index (χ4v) is 3.13. The number of ether oxygens (including phenoxy) is 1. The third kappa shape index (κ3) is 5.59. The van der Waals surface area contributed by atoms with Gasteiger partial charge in [0.2, 0.25) is 5.91 Å². The van der Waals surface area contributed by atoms with Crippen molar-refractivity contribution in [1.29, 1.82) is 0 Å². The van der Waals surface area contributed by atoms with Crippen molar-refractivity contribution in [3.05, 3.63) is 59.9 Å². The lowest BCUT2D eigenvalue weighted by Crippen LogP contribution is -2.35. The number of fused-ring (bicyclic) bond motifs is 1. The van der Waals surface area contributed by atoms with Crippen molar-refractivity contribution >= 4 is 16.9 Å². The third-order valence-corrected chi connectivity index (χ3v) is 4.89. The second-order valence-electron chi connectivity index (χ2n) is 8.47. The van der Waals surface area contributed by atoms with Crippen molar-refractivity contribution in [2.45, 2.75) is 53.6 Å². The number of rotatable bonds is 8. The first-order valence-electron chi connectivity index (χ1n) is 10.3. The molecule has 1 amide bonds. The van der Waals surface area contributed by atoms with E-state index in [2.05, 4.69) is 35.0 Å². The standard InChI is InChI=1S/C24H31N3O2/c1-18-11-13-19(14-12-18)29-16-8-7-15-27-21-10-6-5-9-20(21)26-22(27)17-25-23(28)24(2,3)4/h5-6,9-14H,7-8,15-17H2,1-4H3,(H,25,28). The van der Waals surface area contributed by atoms with Gasteiger partial charge >= 0.3 is 0 Å². The lowest BCUT2D eigenvalue weighted by molar-refractivity contribution is -0.128. The lowest BCUT2D eigenvalue weighted by atomic mass is 9.96. The molecule has 3 aromatic rings. The molecule has 1 N–H and O–H groups in total. The number of carbonyl (C=O) groups excluding carboxylic acids is 1. The Morgan fingerprint density at radius 2 is 1.79 bits per heavy atom. The fraction of sp³-hybridized carbons (Fsp3) is 0.417. The van der Waals surface area contributed by atoms with Gasteiger partial charge in [0.05, 0.1) is 24.2 Å². The molecule has 0 saturated heterocycles. The molecule has 1 aromatic heterocycles. The van der Waals surface area contributed by atoms with Crippen LogP contribution < -0.4 is 10.1 Å². The Kier molecular flexibility index (Phi) is 6.57. The molecule has 1 heterocycles. The molecule has 0 fully saturated rings. The highest BCUT2D eigenvalue weighted by atomic mass is 16.5. The van der Waals surface area contributed by atoms with Crippen molar-refractivity contribution in [2.24, 2.45) is 5.41 Å². The van der Waals surface area contributed by atoms with Gasteiger partial charge in [-0.3, -0.25) is 4.79 Å². The second-order valence-corrected chi connectivity index (χ2v) is 8.47. The molecule has 3 rings (SSSR count). The maximum atomic E-state index is 12.3. The minimum atomic E-state index is -0.413. The number of amides is 1. The molecule has 0 spiro atoms. The number of hydrogen-bond acceptors (Lipinski definition) is 3. The molecule has 0 unspecified atom stereocenters. The van der Waals surface area contributed by atoms with Crippen molar-refractivity contribution in [1.82, 2.24) is 14.9 Å². The summed E-state index contributed by atoms with van der Waals surface area (Å²) in [5.41, 5.74) is 2.88. The van der Waals surface area contributed by atoms with Crippen molar-refractivity contribution < 1.29 is 9.53 Å². The van der Waals surface area contributed by atoms with Crippen molar-refractivity contribution in [3.63, 3.8) is 0 Å². The second kappa shape index (κ2) is 9.12. The number of nitrogens with one attached hydrogen (secondary N) is 1. The number of unbranched alkanes of at least 4 members (excludes halogenated alkanes) is 1. The summed E-state index contributed by atoms with van der Waals surface area (Å²) >= 11 is 0. The van der Waals surface area contributed by atoms with E-state index in [1.54, 1.807) is 0 Å². The fourth-order valence-electron chi connectivity index (χ4n) is 3.13. The highest BCUT2D eigenvalue weighted by Crippen LogP contribution is 2.19. The van der Waals surface area contributed by atoms with Crippen molar-refractivity contribution in [3.8, 4) is 5.75 Å². The zero-order valence-corrected chi connectivity index (χ0v) is 17.9. The number of aromatic nitrogens is 2. The summed E-state index contributed by atoms with van der Waals surface area (Å²) in [6.07, 6.45) is 1.93. The first-order chi connectivity index (χ1) is 13.8. The average Bonchev–Trinajstić information content (AvgIpc) is 3.04. The number of hydrogen-bond donors (Lipinski definition) is 1. The summed E-state index contributed by atoms with van der Waals surface area (Å²) in [5, 5.41) is 3.02. The number of carbonyl (C=O) groups is 1. The maximum Gasteiger partial charge on any atom is 0.225 e. The van der Waals surface area contributed by atoms with Crippen LogP contribution in [0.4, 0.5) is 0 Å². The summed E-state index contributed by atoms with van der Waals surface area (Å²) < 4.78 is 8.05. The maximum absolute atomic E-state index is 12.3. The van der Waals surface area contributed by atoms with Crippen LogP contribution >= 0.6 is 0 Å². The van der Waals surface area contributed by atoms with Gasteiger partial charge in [0.15, 0.2) is 0 Å². The number of para-hydroxylation sites is 2. The molecular weight excluding hydrogens is 362 g/mol. The van der Waals surface area contributed by atoms with Gasteiger partial charge in [0.25, 0.3) is 0 Å². The molecule has 0 aliphatic heterocycles. The molecule has 0 atom stereocenters. The number of imidazole rings is 1. The SMILES string of the molecule is Cc1ccc(OCCCCn2c(CNC(=O)C(C)(C)C)nc3ccccc32)cc1. The van der Waals surface area contributed by atoms with E-state index in [0.29, 0.717) is 13.2 Å². The van der Waals surface area contributed by atoms with Crippen LogP contribution in [0, 0.1) is 12.3 Å². The van der Waals surface area contributed by atoms with Gasteiger partial charge in [-0.25, -0.2) is 4.98 Å². The van der Waals surface area contributed by atoms with Gasteiger partial charge in [-0.2, -0.15) is 0 Å². The van der Waals surface area contributed by atoms with Crippen LogP contribution in [0.1, 0.15) is 45.0 Å². The predicted molar refractivity (Wildman–Crippen MR) is 117 cm³/mol. The first kappa shape index (κ1) is 20.9. The highest BCUT2D eigenvalue weighted by Gasteiger charge is 2.21. The van der Waals surface area contributed by atoms with Gasteiger partial charge < -0.3 is 14.6 Å². The Hall–Kier alpha value is -2.82. The van der Waals surface area contributed by atoms with E-state index in [1.165, 1.54) is 5.56 Å². The average molecular weight is 394 g/mol. The molecule has 0 aliphatic carbocycles. The minimum absolute atomic E-state index is 0.0302. The number of aryl methyl sites for hydroxylation is 2. The van der Waals surface area contributed by atoms with Crippen LogP contribution in [-0.4, -0.2) is 22.1 Å². The van der Waals surface area contributed by atoms with Gasteiger partial charge in [-0.15, -0.1) is 0 Å². The van der Waals surface area contributed by atoms with Gasteiger partial charge in [0, 0.05) is 12.0 Å². The van der Waals surface area contributed by atoms with Crippen LogP contribution in [-0.2, 0) is 17.9 Å². The Bertz CT molecular complexity index is 952. The van der Waals surface area contributed by atoms with E-state index >= 15 is 0 Å². The van der Waals surface area contributed by atoms with Crippen LogP contribution in [0.25, 0.3) is 11.0 Å². The number of nitrogens with zero attached hydrogens (tertiary/aromatic N) is 2. The van der Waals surface area contributed by atoms with Crippen molar-refractivity contribution in [2.75, 3.05) is 6.61 Å². The Morgan fingerprint density at radius 3 is 2.52 bits per heavy atom. The largest absolute Gasteiger partial charge is 0.494 e. The monoisotopic (exact) mass is 393 g/mol. The van der Waals surface area contributed by atoms with Crippen LogP contribution in [0.3, 0.4) is 0 Å². The van der Waals surface area contributed by atoms with E-state index in [9.17, 15) is 4.79 Å². The normalized spacial score (nSPS) is 11.6. The van der Waals surface area contributed by atoms with Crippen LogP contribution in [0.15, 0.2) is 48.5 Å². The summed E-state index contributed by atoms with van der Waals surface area (Å²) in [5.74, 6) is 1.83. The minimum Gasteiger partial charge on any atom is -0.494 e. The van der Waals surface area contributed by atoms with E-state index in [-0.39, 0.29) is 5.91 Å². The zero-order valence-electron chi connectivity index (χ0n) is 17.9. The molecule has 0 bridgehead atoms. The highest BCUT2D eigenvalue weighted by molar-refractivity contribution is 5.81. The zero-order chi connectivity index (χ0) is 20.9. The summed E-state index contributed by atoms with van der Waals surface area (Å²) in [7, 11) is 0. The molecule has 5 heteroatoms. The Balaban J connectivity index is 1.59. The lowest BCUT2D eigenvalue weighted by Gasteiger charge is -2.18. The van der Waals surface area contributed by atoms with Crippen LogP contribution in [0.5, 0.6) is 5.75 Å². The van der Waals surface area contributed by atoms with Crippen LogP contribution in [0.2, 0.25) is 0 Å². The summed E-state index contributed by atoms with van der Waals surface area (Å²) in [6.45, 7) is 9.79. The Morgan fingerprint density at radius 1 is 1.07 bits per heavy atom. The van der Waals surface area contributed by atoms with Gasteiger partial charge in [-0.1, -0.05) is 50.6 Å². The molecule has 0 aliphatic rings. The molecule has 0 saturated carbocycles. The van der Waals surface area contributed by atoms with E-state index in [4.69, 9.17) is 9.72 Å². The topological polar surface area (TPSA) is 56.1 Å². The van der Waals surface area contributed by atoms with Gasteiger partial charge in [-0.05, 0) is 44.0 Å². The molecule has 2 aromatic carbocycles. The van der Waals surface area contributed by atoms with E-state index in [1.807, 2.05) is 51.1 Å². The van der Waals surface area contributed by atoms with E-state index < -0.39 is 5.41 Å². The predicted octanol–water partition coefficient (Wildman–Crippen LogP) is 4.87. The number of benzene rings is 2. The summed E-state index contributed by atoms with van der Waals surface area (Å²) in [6, 6.07) is 16.3. The van der Waals surface area contributed by atoms with Gasteiger partial charge in [0.1, 0.15) is 11.6 Å². The third-order valence-electron chi connectivity index (χ3n) is 4.89. The molecular formula is C24H31N3O2. The molecule has 5 nitrogen and oxygen atoms in total. The Labute approximate surface area is 173 Å². The molecule has 29 heavy (non-hydrogen) atoms. The molecule has 0 radical (unpaired) electrons. The summed E-state index contributed by atoms with van der Waals surface area (Å²) in [4.78, 5) is 17.0. The quantitative estimate of drug-likeness (QED) is 0.556. The smallest absolute Gasteiger partial charge is 0.225 e. The molecule has 154 valence electrons. The first-order valence-corrected chi connectivity index (χ1v) is 10.3. The van der Waals surface area contributed by atoms with E-state index in [0.717, 1.165) is 42.0 Å².